The van der Waals surface area contributed by atoms with Crippen molar-refractivity contribution < 1.29 is 4.79 Å². The molecule has 2 fully saturated rings. The Balaban J connectivity index is 0.00000312. The van der Waals surface area contributed by atoms with Crippen LogP contribution in [0.1, 0.15) is 32.6 Å². The number of likely N-dealkylation sites (tertiary alicyclic amines) is 2. The van der Waals surface area contributed by atoms with Crippen LogP contribution in [0.2, 0.25) is 0 Å². The molecule has 25 heavy (non-hydrogen) atoms. The third-order valence-electron chi connectivity index (χ3n) is 4.88. The predicted octanol–water partition coefficient (Wildman–Crippen LogP) is 0.451. The van der Waals surface area contributed by atoms with Gasteiger partial charge in [0.05, 0.1) is 6.54 Å². The Morgan fingerprint density at radius 3 is 2.56 bits per heavy atom. The number of nitrogens with one attached hydrogen (secondary N) is 2. The molecule has 0 spiro atoms. The van der Waals surface area contributed by atoms with Gasteiger partial charge < -0.3 is 21.3 Å². The maximum atomic E-state index is 11.0. The topological polar surface area (TPSA) is 86.0 Å². The molecule has 0 bridgehead atoms. The molecule has 2 aliphatic rings. The van der Waals surface area contributed by atoms with E-state index >= 15 is 0 Å². The van der Waals surface area contributed by atoms with Crippen LogP contribution in [0.3, 0.4) is 0 Å². The number of halogens is 1. The zero-order chi connectivity index (χ0) is 17.4. The van der Waals surface area contributed by atoms with E-state index in [1.807, 2.05) is 0 Å². The first-order chi connectivity index (χ1) is 11.6. The third kappa shape index (κ3) is 8.54. The van der Waals surface area contributed by atoms with Gasteiger partial charge in [0.25, 0.3) is 0 Å². The van der Waals surface area contributed by atoms with Crippen molar-refractivity contribution in [1.82, 2.24) is 20.4 Å². The molecule has 1 atom stereocenters. The predicted molar refractivity (Wildman–Crippen MR) is 113 cm³/mol. The minimum absolute atomic E-state index is 0. The van der Waals surface area contributed by atoms with Crippen LogP contribution >= 0.6 is 24.0 Å². The van der Waals surface area contributed by atoms with Gasteiger partial charge in [-0.05, 0) is 52.1 Å². The minimum Gasteiger partial charge on any atom is -0.369 e. The Bertz CT molecular complexity index is 425. The molecule has 2 heterocycles. The molecule has 146 valence electrons. The second-order valence-electron chi connectivity index (χ2n) is 7.15. The highest BCUT2D eigenvalue weighted by Gasteiger charge is 2.21. The van der Waals surface area contributed by atoms with Crippen molar-refractivity contribution in [3.63, 3.8) is 0 Å². The summed E-state index contributed by atoms with van der Waals surface area (Å²) in [4.78, 5) is 20.3. The van der Waals surface area contributed by atoms with Gasteiger partial charge in [0, 0.05) is 38.8 Å². The molecule has 0 aromatic heterocycles. The number of guanidine groups is 1. The average Bonchev–Trinajstić information content (AvgIpc) is 2.54. The summed E-state index contributed by atoms with van der Waals surface area (Å²) in [6, 6.07) is 0.418. The molecule has 0 aromatic rings. The number of carbonyl (C=O) groups is 1. The molecule has 7 nitrogen and oxygen atoms in total. The molecule has 2 saturated heterocycles. The Hall–Kier alpha value is -0.610. The summed E-state index contributed by atoms with van der Waals surface area (Å²) in [5, 5.41) is 6.93. The number of nitrogens with zero attached hydrogens (tertiary/aromatic N) is 3. The van der Waals surface area contributed by atoms with E-state index in [0.29, 0.717) is 18.5 Å². The first-order valence-electron chi connectivity index (χ1n) is 9.31. The van der Waals surface area contributed by atoms with E-state index in [4.69, 9.17) is 10.7 Å². The molecule has 2 aliphatic heterocycles. The van der Waals surface area contributed by atoms with E-state index in [9.17, 15) is 4.79 Å². The number of piperidine rings is 2. The number of rotatable bonds is 6. The first kappa shape index (κ1) is 22.4. The number of hydrogen-bond acceptors (Lipinski definition) is 4. The van der Waals surface area contributed by atoms with E-state index in [-0.39, 0.29) is 29.9 Å². The number of nitrogens with two attached hydrogens (primary N) is 1. The van der Waals surface area contributed by atoms with Crippen LogP contribution in [-0.4, -0.2) is 80.6 Å². The number of aliphatic imine (C=N–C) groups is 1. The van der Waals surface area contributed by atoms with Gasteiger partial charge in [0.15, 0.2) is 5.96 Å². The standard InChI is InChI=1S/C17H34N6O.HI/c1-3-19-17(20-11-14-5-4-8-22(2)12-14)21-15-6-9-23(10-7-15)13-16(18)24;/h14-15H,3-13H2,1-2H3,(H2,18,24)(H2,19,20,21);1H. The summed E-state index contributed by atoms with van der Waals surface area (Å²) in [6.07, 6.45) is 4.59. The number of amides is 1. The van der Waals surface area contributed by atoms with Crippen LogP contribution in [0.15, 0.2) is 4.99 Å². The molecule has 0 radical (unpaired) electrons. The van der Waals surface area contributed by atoms with E-state index in [1.54, 1.807) is 0 Å². The van der Waals surface area contributed by atoms with Gasteiger partial charge in [-0.1, -0.05) is 0 Å². The van der Waals surface area contributed by atoms with Crippen molar-refractivity contribution in [1.29, 1.82) is 0 Å². The summed E-state index contributed by atoms with van der Waals surface area (Å²) in [5.74, 6) is 1.35. The van der Waals surface area contributed by atoms with Crippen molar-refractivity contribution in [2.24, 2.45) is 16.6 Å². The lowest BCUT2D eigenvalue weighted by Crippen LogP contribution is -2.50. The monoisotopic (exact) mass is 466 g/mol. The van der Waals surface area contributed by atoms with Crippen LogP contribution < -0.4 is 16.4 Å². The fourth-order valence-electron chi connectivity index (χ4n) is 3.61. The minimum atomic E-state index is -0.242. The van der Waals surface area contributed by atoms with Crippen molar-refractivity contribution in [3.8, 4) is 0 Å². The maximum absolute atomic E-state index is 11.0. The molecule has 4 N–H and O–H groups in total. The highest BCUT2D eigenvalue weighted by Crippen LogP contribution is 2.15. The lowest BCUT2D eigenvalue weighted by Gasteiger charge is -2.32. The van der Waals surface area contributed by atoms with Crippen LogP contribution in [-0.2, 0) is 4.79 Å². The van der Waals surface area contributed by atoms with Crippen LogP contribution in [0, 0.1) is 5.92 Å². The summed E-state index contributed by atoms with van der Waals surface area (Å²) in [6.45, 7) is 8.41. The fraction of sp³-hybridized carbons (Fsp3) is 0.882. The first-order valence-corrected chi connectivity index (χ1v) is 9.31. The van der Waals surface area contributed by atoms with Gasteiger partial charge in [-0.3, -0.25) is 14.7 Å². The largest absolute Gasteiger partial charge is 0.369 e. The molecule has 0 aromatic carbocycles. The molecule has 1 unspecified atom stereocenters. The third-order valence-corrected chi connectivity index (χ3v) is 4.88. The average molecular weight is 466 g/mol. The summed E-state index contributed by atoms with van der Waals surface area (Å²) in [5.41, 5.74) is 5.27. The maximum Gasteiger partial charge on any atom is 0.231 e. The zero-order valence-corrected chi connectivity index (χ0v) is 18.0. The van der Waals surface area contributed by atoms with Crippen LogP contribution in [0.25, 0.3) is 0 Å². The molecule has 0 saturated carbocycles. The van der Waals surface area contributed by atoms with Crippen molar-refractivity contribution >= 4 is 35.8 Å². The van der Waals surface area contributed by atoms with E-state index in [1.165, 1.54) is 19.4 Å². The Kier molecular flexibility index (Phi) is 10.7. The molecule has 2 rings (SSSR count). The smallest absolute Gasteiger partial charge is 0.231 e. The number of primary amides is 1. The van der Waals surface area contributed by atoms with Crippen molar-refractivity contribution in [3.05, 3.63) is 0 Å². The summed E-state index contributed by atoms with van der Waals surface area (Å²) < 4.78 is 0. The van der Waals surface area contributed by atoms with E-state index in [2.05, 4.69) is 34.4 Å². The number of hydrogen-bond donors (Lipinski definition) is 3. The summed E-state index contributed by atoms with van der Waals surface area (Å²) in [7, 11) is 2.19. The van der Waals surface area contributed by atoms with Gasteiger partial charge in [0.2, 0.25) is 5.91 Å². The normalized spacial score (nSPS) is 23.8. The van der Waals surface area contributed by atoms with Gasteiger partial charge in [-0.25, -0.2) is 0 Å². The second-order valence-corrected chi connectivity index (χ2v) is 7.15. The molecule has 8 heteroatoms. The van der Waals surface area contributed by atoms with Crippen molar-refractivity contribution in [2.75, 3.05) is 52.9 Å². The molecular formula is C17H35IN6O. The Morgan fingerprint density at radius 2 is 1.96 bits per heavy atom. The molecule has 0 aliphatic carbocycles. The van der Waals surface area contributed by atoms with Gasteiger partial charge in [0.1, 0.15) is 0 Å². The summed E-state index contributed by atoms with van der Waals surface area (Å²) >= 11 is 0. The number of carbonyl (C=O) groups excluding carboxylic acids is 1. The van der Waals surface area contributed by atoms with Crippen molar-refractivity contribution in [2.45, 2.75) is 38.6 Å². The quantitative estimate of drug-likeness (QED) is 0.301. The van der Waals surface area contributed by atoms with Gasteiger partial charge >= 0.3 is 0 Å². The fourth-order valence-corrected chi connectivity index (χ4v) is 3.61. The highest BCUT2D eigenvalue weighted by molar-refractivity contribution is 14.0. The van der Waals surface area contributed by atoms with E-state index in [0.717, 1.165) is 51.5 Å². The lowest BCUT2D eigenvalue weighted by atomic mass is 9.99. The Labute approximate surface area is 169 Å². The second kappa shape index (κ2) is 11.9. The van der Waals surface area contributed by atoms with E-state index < -0.39 is 0 Å². The van der Waals surface area contributed by atoms with Crippen LogP contribution in [0.4, 0.5) is 0 Å². The van der Waals surface area contributed by atoms with Gasteiger partial charge in [-0.2, -0.15) is 0 Å². The molecular weight excluding hydrogens is 431 g/mol. The van der Waals surface area contributed by atoms with Crippen LogP contribution in [0.5, 0.6) is 0 Å². The molecule has 1 amide bonds. The zero-order valence-electron chi connectivity index (χ0n) is 15.7. The lowest BCUT2D eigenvalue weighted by molar-refractivity contribution is -0.119. The Morgan fingerprint density at radius 1 is 1.24 bits per heavy atom. The highest BCUT2D eigenvalue weighted by atomic mass is 127. The SMILES string of the molecule is CCNC(=NCC1CCCN(C)C1)NC1CCN(CC(N)=O)CC1.I. The van der Waals surface area contributed by atoms with Gasteiger partial charge in [-0.15, -0.1) is 24.0 Å².